The molecule has 1 saturated carbocycles. The third-order valence-corrected chi connectivity index (χ3v) is 4.36. The van der Waals surface area contributed by atoms with Crippen LogP contribution in [0.15, 0.2) is 12.7 Å². The average molecular weight is 267 g/mol. The van der Waals surface area contributed by atoms with E-state index in [4.69, 9.17) is 4.74 Å². The Kier molecular flexibility index (Phi) is 9.19. The zero-order chi connectivity index (χ0) is 13.9. The molecule has 2 unspecified atom stereocenters. The molecular formula is C17H33NO. The van der Waals surface area contributed by atoms with E-state index in [1.807, 2.05) is 13.2 Å². The van der Waals surface area contributed by atoms with E-state index in [0.717, 1.165) is 18.9 Å². The van der Waals surface area contributed by atoms with Gasteiger partial charge in [-0.15, -0.1) is 6.58 Å². The summed E-state index contributed by atoms with van der Waals surface area (Å²) >= 11 is 0. The Morgan fingerprint density at radius 3 is 2.63 bits per heavy atom. The lowest BCUT2D eigenvalue weighted by atomic mass is 9.81. The minimum atomic E-state index is 0.400. The van der Waals surface area contributed by atoms with Crippen molar-refractivity contribution in [1.29, 1.82) is 0 Å². The second kappa shape index (κ2) is 10.4. The Balaban J connectivity index is 2.52. The van der Waals surface area contributed by atoms with Crippen LogP contribution in [0, 0.1) is 5.92 Å². The Labute approximate surface area is 120 Å². The van der Waals surface area contributed by atoms with Gasteiger partial charge in [-0.2, -0.15) is 0 Å². The highest BCUT2D eigenvalue weighted by Gasteiger charge is 2.29. The number of hydrogen-bond acceptors (Lipinski definition) is 2. The van der Waals surface area contributed by atoms with Gasteiger partial charge in [0.2, 0.25) is 0 Å². The van der Waals surface area contributed by atoms with Gasteiger partial charge in [-0.25, -0.2) is 0 Å². The van der Waals surface area contributed by atoms with Gasteiger partial charge >= 0.3 is 0 Å². The number of unbranched alkanes of at least 4 members (excludes halogenated alkanes) is 1. The quantitative estimate of drug-likeness (QED) is 0.470. The van der Waals surface area contributed by atoms with Crippen molar-refractivity contribution in [2.75, 3.05) is 13.7 Å². The molecule has 0 aliphatic heterocycles. The van der Waals surface area contributed by atoms with Crippen molar-refractivity contribution < 1.29 is 4.74 Å². The number of ether oxygens (including phenoxy) is 1. The molecule has 1 aliphatic rings. The van der Waals surface area contributed by atoms with Gasteiger partial charge < -0.3 is 10.1 Å². The van der Waals surface area contributed by atoms with Crippen molar-refractivity contribution in [2.45, 2.75) is 76.9 Å². The lowest BCUT2D eigenvalue weighted by Crippen LogP contribution is -2.45. The second-order valence-electron chi connectivity index (χ2n) is 5.88. The first-order valence-corrected chi connectivity index (χ1v) is 8.20. The number of allylic oxidation sites excluding steroid dienone is 1. The van der Waals surface area contributed by atoms with E-state index in [1.54, 1.807) is 0 Å². The van der Waals surface area contributed by atoms with E-state index in [-0.39, 0.29) is 0 Å². The summed E-state index contributed by atoms with van der Waals surface area (Å²) in [6.07, 6.45) is 14.1. The predicted molar refractivity (Wildman–Crippen MR) is 83.5 cm³/mol. The van der Waals surface area contributed by atoms with Gasteiger partial charge in [0, 0.05) is 13.2 Å². The van der Waals surface area contributed by atoms with Crippen LogP contribution in [0.4, 0.5) is 0 Å². The van der Waals surface area contributed by atoms with Gasteiger partial charge in [0.25, 0.3) is 0 Å². The molecule has 1 rings (SSSR count). The zero-order valence-electron chi connectivity index (χ0n) is 13.0. The number of hydrogen-bond donors (Lipinski definition) is 1. The molecule has 0 aromatic carbocycles. The zero-order valence-corrected chi connectivity index (χ0v) is 13.0. The molecule has 1 N–H and O–H groups in total. The lowest BCUT2D eigenvalue weighted by molar-refractivity contribution is 0.00574. The Morgan fingerprint density at radius 1 is 1.32 bits per heavy atom. The van der Waals surface area contributed by atoms with Crippen LogP contribution in [0.1, 0.15) is 64.7 Å². The molecule has 2 atom stereocenters. The molecule has 0 aromatic heterocycles. The van der Waals surface area contributed by atoms with E-state index in [9.17, 15) is 0 Å². The van der Waals surface area contributed by atoms with Crippen molar-refractivity contribution in [3.05, 3.63) is 12.7 Å². The van der Waals surface area contributed by atoms with Gasteiger partial charge in [-0.3, -0.25) is 0 Å². The van der Waals surface area contributed by atoms with Gasteiger partial charge in [0.15, 0.2) is 0 Å². The van der Waals surface area contributed by atoms with Crippen LogP contribution in [-0.4, -0.2) is 25.8 Å². The minimum Gasteiger partial charge on any atom is -0.380 e. The molecule has 2 nitrogen and oxygen atoms in total. The Hall–Kier alpha value is -0.340. The van der Waals surface area contributed by atoms with Gasteiger partial charge in [-0.05, 0) is 51.0 Å². The largest absolute Gasteiger partial charge is 0.380 e. The van der Waals surface area contributed by atoms with Crippen molar-refractivity contribution >= 4 is 0 Å². The molecule has 0 bridgehead atoms. The Morgan fingerprint density at radius 2 is 2.05 bits per heavy atom. The fraction of sp³-hybridized carbons (Fsp3) is 0.882. The summed E-state index contributed by atoms with van der Waals surface area (Å²) in [6, 6.07) is 0.521. The van der Waals surface area contributed by atoms with Crippen LogP contribution in [0.5, 0.6) is 0 Å². The molecule has 2 heteroatoms. The summed E-state index contributed by atoms with van der Waals surface area (Å²) in [7, 11) is 1.90. The van der Waals surface area contributed by atoms with Crippen LogP contribution < -0.4 is 5.32 Å². The Bertz CT molecular complexity index is 223. The summed E-state index contributed by atoms with van der Waals surface area (Å²) < 4.78 is 5.89. The highest BCUT2D eigenvalue weighted by Crippen LogP contribution is 2.30. The molecule has 1 fully saturated rings. The molecule has 19 heavy (non-hydrogen) atoms. The molecular weight excluding hydrogens is 234 g/mol. The summed E-state index contributed by atoms with van der Waals surface area (Å²) in [5.41, 5.74) is 0. The summed E-state index contributed by atoms with van der Waals surface area (Å²) in [6.45, 7) is 7.16. The topological polar surface area (TPSA) is 21.3 Å². The smallest absolute Gasteiger partial charge is 0.0752 e. The monoisotopic (exact) mass is 267 g/mol. The fourth-order valence-electron chi connectivity index (χ4n) is 3.34. The lowest BCUT2D eigenvalue weighted by Gasteiger charge is -2.35. The summed E-state index contributed by atoms with van der Waals surface area (Å²) in [5.74, 6) is 0.761. The predicted octanol–water partition coefficient (Wildman–Crippen LogP) is 4.31. The van der Waals surface area contributed by atoms with Crippen molar-refractivity contribution in [2.24, 2.45) is 5.92 Å². The van der Waals surface area contributed by atoms with E-state index in [2.05, 4.69) is 18.8 Å². The molecule has 1 aliphatic carbocycles. The normalized spacial score (nSPS) is 20.1. The van der Waals surface area contributed by atoms with E-state index in [0.29, 0.717) is 12.1 Å². The molecule has 0 amide bonds. The molecule has 0 radical (unpaired) electrons. The fourth-order valence-corrected chi connectivity index (χ4v) is 3.34. The molecule has 0 spiro atoms. The van der Waals surface area contributed by atoms with E-state index in [1.165, 1.54) is 51.4 Å². The average Bonchev–Trinajstić information content (AvgIpc) is 2.46. The maximum absolute atomic E-state index is 5.89. The molecule has 0 saturated heterocycles. The first kappa shape index (κ1) is 16.7. The number of nitrogens with one attached hydrogen (secondary N) is 1. The number of methoxy groups -OCH3 is 1. The van der Waals surface area contributed by atoms with Crippen molar-refractivity contribution in [3.8, 4) is 0 Å². The maximum atomic E-state index is 5.89. The summed E-state index contributed by atoms with van der Waals surface area (Å²) in [4.78, 5) is 0. The van der Waals surface area contributed by atoms with Gasteiger partial charge in [-0.1, -0.05) is 32.3 Å². The molecule has 0 heterocycles. The van der Waals surface area contributed by atoms with Crippen LogP contribution in [0.3, 0.4) is 0 Å². The summed E-state index contributed by atoms with van der Waals surface area (Å²) in [5, 5.41) is 3.72. The van der Waals surface area contributed by atoms with Crippen LogP contribution >= 0.6 is 0 Å². The highest BCUT2D eigenvalue weighted by molar-refractivity contribution is 4.85. The highest BCUT2D eigenvalue weighted by atomic mass is 16.5. The maximum Gasteiger partial charge on any atom is 0.0752 e. The molecule has 112 valence electrons. The first-order valence-electron chi connectivity index (χ1n) is 8.20. The third kappa shape index (κ3) is 6.09. The van der Waals surface area contributed by atoms with E-state index >= 15 is 0 Å². The van der Waals surface area contributed by atoms with Gasteiger partial charge in [0.1, 0.15) is 0 Å². The van der Waals surface area contributed by atoms with Crippen LogP contribution in [0.25, 0.3) is 0 Å². The standard InChI is InChI=1S/C17H33NO/c1-4-6-8-13-16(18-14-5-2)17(19-3)15-11-9-7-10-12-15/h4,15-18H,1,5-14H2,2-3H3. The minimum absolute atomic E-state index is 0.400. The van der Waals surface area contributed by atoms with E-state index < -0.39 is 0 Å². The van der Waals surface area contributed by atoms with Crippen molar-refractivity contribution in [3.63, 3.8) is 0 Å². The van der Waals surface area contributed by atoms with Crippen LogP contribution in [0.2, 0.25) is 0 Å². The SMILES string of the molecule is C=CCCCC(NCCC)C(OC)C1CCCCC1. The first-order chi connectivity index (χ1) is 9.33. The van der Waals surface area contributed by atoms with Gasteiger partial charge in [0.05, 0.1) is 6.10 Å². The third-order valence-electron chi connectivity index (χ3n) is 4.36. The van der Waals surface area contributed by atoms with Crippen molar-refractivity contribution in [1.82, 2.24) is 5.32 Å². The van der Waals surface area contributed by atoms with Crippen LogP contribution in [-0.2, 0) is 4.74 Å². The number of rotatable bonds is 10. The second-order valence-corrected chi connectivity index (χ2v) is 5.88. The molecule has 0 aromatic rings.